The van der Waals surface area contributed by atoms with Crippen LogP contribution in [0.4, 0.5) is 0 Å². The molecule has 0 bridgehead atoms. The van der Waals surface area contributed by atoms with E-state index in [1.807, 2.05) is 0 Å². The van der Waals surface area contributed by atoms with Gasteiger partial charge >= 0.3 is 17.9 Å². The molecule has 154 valence electrons. The van der Waals surface area contributed by atoms with Gasteiger partial charge in [-0.2, -0.15) is 0 Å². The van der Waals surface area contributed by atoms with Gasteiger partial charge in [-0.25, -0.2) is 14.4 Å². The summed E-state index contributed by atoms with van der Waals surface area (Å²) in [5, 5.41) is 0. The maximum absolute atomic E-state index is 10.7. The Morgan fingerprint density at radius 2 is 1.26 bits per heavy atom. The Bertz CT molecular complexity index is 516. The predicted molar refractivity (Wildman–Crippen MR) is 105 cm³/mol. The molecule has 7 nitrogen and oxygen atoms in total. The van der Waals surface area contributed by atoms with E-state index in [0.29, 0.717) is 36.5 Å². The molecule has 0 aromatic heterocycles. The van der Waals surface area contributed by atoms with E-state index < -0.39 is 0 Å². The average Bonchev–Trinajstić information content (AvgIpc) is 3.46. The molecule has 0 aromatic rings. The lowest BCUT2D eigenvalue weighted by Gasteiger charge is -1.99. The van der Waals surface area contributed by atoms with Crippen molar-refractivity contribution in [1.29, 1.82) is 0 Å². The van der Waals surface area contributed by atoms with Gasteiger partial charge in [-0.3, -0.25) is 0 Å². The van der Waals surface area contributed by atoms with Crippen LogP contribution in [0, 0.1) is 0 Å². The minimum absolute atomic E-state index is 0.142. The highest BCUT2D eigenvalue weighted by Crippen LogP contribution is 2.09. The van der Waals surface area contributed by atoms with Gasteiger partial charge in [0.15, 0.2) is 0 Å². The van der Waals surface area contributed by atoms with Crippen molar-refractivity contribution in [2.24, 2.45) is 0 Å². The van der Waals surface area contributed by atoms with Crippen molar-refractivity contribution in [2.45, 2.75) is 33.8 Å². The van der Waals surface area contributed by atoms with E-state index >= 15 is 0 Å². The van der Waals surface area contributed by atoms with E-state index in [1.54, 1.807) is 27.7 Å². The standard InChI is InChI=1S/C7H10O3.C6H10O2.C5H8O2.C2H4/c1-5(2)7(8)10-4-6-3-9-6;1-4-8-6(7)5(2)3;1-4(2)5(6)7-3;1-2/h6H,1,3-4H2,2H3;2,4H2,1,3H3;1H2,2-3H3;1-2H2. The number of carbonyl (C=O) groups excluding carboxylic acids is 3. The summed E-state index contributed by atoms with van der Waals surface area (Å²) in [6, 6.07) is 0. The van der Waals surface area contributed by atoms with Crippen molar-refractivity contribution in [2.75, 3.05) is 26.9 Å². The molecule has 0 saturated carbocycles. The lowest BCUT2D eigenvalue weighted by Crippen LogP contribution is -2.09. The Balaban J connectivity index is -0.000000311. The molecular weight excluding hydrogens is 352 g/mol. The molecule has 1 saturated heterocycles. The monoisotopic (exact) mass is 384 g/mol. The highest BCUT2D eigenvalue weighted by atomic mass is 16.6. The lowest BCUT2D eigenvalue weighted by molar-refractivity contribution is -0.139. The minimum atomic E-state index is -0.347. The first-order valence-electron chi connectivity index (χ1n) is 8.07. The largest absolute Gasteiger partial charge is 0.466 e. The third-order valence-corrected chi connectivity index (χ3v) is 2.31. The topological polar surface area (TPSA) is 91.4 Å². The zero-order valence-electron chi connectivity index (χ0n) is 17.1. The van der Waals surface area contributed by atoms with Crippen molar-refractivity contribution in [3.05, 3.63) is 49.6 Å². The number of hydrogen-bond donors (Lipinski definition) is 0. The summed E-state index contributed by atoms with van der Waals surface area (Å²) < 4.78 is 18.4. The van der Waals surface area contributed by atoms with Gasteiger partial charge in [0.25, 0.3) is 0 Å². The molecule has 1 heterocycles. The second-order valence-corrected chi connectivity index (χ2v) is 5.11. The highest BCUT2D eigenvalue weighted by Gasteiger charge is 2.24. The van der Waals surface area contributed by atoms with Crippen molar-refractivity contribution in [1.82, 2.24) is 0 Å². The fourth-order valence-electron chi connectivity index (χ4n) is 0.885. The maximum atomic E-state index is 10.7. The third-order valence-electron chi connectivity index (χ3n) is 2.31. The van der Waals surface area contributed by atoms with E-state index in [2.05, 4.69) is 42.4 Å². The summed E-state index contributed by atoms with van der Waals surface area (Å²) in [6.07, 6.45) is 0.142. The van der Waals surface area contributed by atoms with Crippen LogP contribution in [0.5, 0.6) is 0 Å². The van der Waals surface area contributed by atoms with E-state index in [1.165, 1.54) is 7.11 Å². The molecule has 0 spiro atoms. The van der Waals surface area contributed by atoms with Crippen LogP contribution in [0.15, 0.2) is 49.6 Å². The van der Waals surface area contributed by atoms with Crippen LogP contribution in [-0.2, 0) is 33.3 Å². The van der Waals surface area contributed by atoms with Crippen LogP contribution < -0.4 is 0 Å². The number of ether oxygens (including phenoxy) is 4. The molecule has 1 aliphatic rings. The first-order chi connectivity index (χ1) is 12.6. The molecule has 0 aromatic carbocycles. The molecule has 1 fully saturated rings. The molecule has 1 rings (SSSR count). The van der Waals surface area contributed by atoms with Gasteiger partial charge < -0.3 is 18.9 Å². The molecular formula is C20H32O7. The zero-order chi connectivity index (χ0) is 22.0. The van der Waals surface area contributed by atoms with Crippen LogP contribution >= 0.6 is 0 Å². The fourth-order valence-corrected chi connectivity index (χ4v) is 0.885. The van der Waals surface area contributed by atoms with Crippen LogP contribution in [-0.4, -0.2) is 50.9 Å². The van der Waals surface area contributed by atoms with Gasteiger partial charge in [0.1, 0.15) is 12.7 Å². The third kappa shape index (κ3) is 21.3. The number of hydrogen-bond acceptors (Lipinski definition) is 7. The number of esters is 3. The molecule has 1 aliphatic heterocycles. The average molecular weight is 384 g/mol. The number of epoxide rings is 1. The molecule has 1 atom stereocenters. The number of methoxy groups -OCH3 is 1. The first-order valence-corrected chi connectivity index (χ1v) is 8.07. The van der Waals surface area contributed by atoms with Gasteiger partial charge in [-0.15, -0.1) is 13.2 Å². The number of carbonyl (C=O) groups is 3. The lowest BCUT2D eigenvalue weighted by atomic mass is 10.4. The zero-order valence-corrected chi connectivity index (χ0v) is 17.1. The molecule has 0 N–H and O–H groups in total. The Morgan fingerprint density at radius 1 is 0.889 bits per heavy atom. The molecule has 27 heavy (non-hydrogen) atoms. The molecule has 0 aliphatic carbocycles. The van der Waals surface area contributed by atoms with E-state index in [9.17, 15) is 14.4 Å². The Labute approximate surface area is 162 Å². The minimum Gasteiger partial charge on any atom is -0.466 e. The number of rotatable bonds is 6. The van der Waals surface area contributed by atoms with E-state index in [0.717, 1.165) is 0 Å². The van der Waals surface area contributed by atoms with Gasteiger partial charge in [-0.1, -0.05) is 19.7 Å². The Hall–Kier alpha value is -2.67. The molecule has 7 heteroatoms. The van der Waals surface area contributed by atoms with E-state index in [4.69, 9.17) is 9.47 Å². The van der Waals surface area contributed by atoms with Crippen molar-refractivity contribution in [3.8, 4) is 0 Å². The predicted octanol–water partition coefficient (Wildman–Crippen LogP) is 3.17. The van der Waals surface area contributed by atoms with Crippen LogP contribution in [0.25, 0.3) is 0 Å². The second kappa shape index (κ2) is 18.1. The summed E-state index contributed by atoms with van der Waals surface area (Å²) >= 11 is 0. The summed E-state index contributed by atoms with van der Waals surface area (Å²) in [5.74, 6) is -0.997. The Morgan fingerprint density at radius 3 is 1.44 bits per heavy atom. The van der Waals surface area contributed by atoms with Crippen LogP contribution in [0.3, 0.4) is 0 Å². The van der Waals surface area contributed by atoms with Crippen molar-refractivity contribution >= 4 is 17.9 Å². The van der Waals surface area contributed by atoms with Crippen molar-refractivity contribution in [3.63, 3.8) is 0 Å². The summed E-state index contributed by atoms with van der Waals surface area (Å²) in [4.78, 5) is 31.3. The van der Waals surface area contributed by atoms with Crippen LogP contribution in [0.2, 0.25) is 0 Å². The summed E-state index contributed by atoms with van der Waals surface area (Å²) in [6.45, 7) is 24.3. The van der Waals surface area contributed by atoms with Gasteiger partial charge in [0.2, 0.25) is 0 Å². The normalized spacial score (nSPS) is 12.7. The molecule has 1 unspecified atom stereocenters. The smallest absolute Gasteiger partial charge is 0.333 e. The fraction of sp³-hybridized carbons (Fsp3) is 0.450. The summed E-state index contributed by atoms with van der Waals surface area (Å²) in [7, 11) is 1.33. The molecule has 0 radical (unpaired) electrons. The maximum Gasteiger partial charge on any atom is 0.333 e. The van der Waals surface area contributed by atoms with Crippen molar-refractivity contribution < 1.29 is 33.3 Å². The van der Waals surface area contributed by atoms with Gasteiger partial charge in [0.05, 0.1) is 20.3 Å². The van der Waals surface area contributed by atoms with Crippen LogP contribution in [0.1, 0.15) is 27.7 Å². The summed E-state index contributed by atoms with van der Waals surface area (Å²) in [5.41, 5.74) is 1.31. The quantitative estimate of drug-likeness (QED) is 0.228. The van der Waals surface area contributed by atoms with E-state index in [-0.39, 0.29) is 24.0 Å². The van der Waals surface area contributed by atoms with Gasteiger partial charge in [-0.05, 0) is 27.7 Å². The van der Waals surface area contributed by atoms with Gasteiger partial charge in [0, 0.05) is 16.7 Å². The first kappa shape index (κ1) is 29.1. The molecule has 0 amide bonds. The SMILES string of the molecule is C=C.C=C(C)C(=O)OC.C=C(C)C(=O)OCC.C=C(C)C(=O)OCC1CO1. The highest BCUT2D eigenvalue weighted by molar-refractivity contribution is 5.87. The Kier molecular flexibility index (Phi) is 19.5. The second-order valence-electron chi connectivity index (χ2n) is 5.11.